The smallest absolute Gasteiger partial charge is 0.284 e. The maximum atomic E-state index is 12.6. The van der Waals surface area contributed by atoms with Gasteiger partial charge in [-0.1, -0.05) is 30.3 Å². The van der Waals surface area contributed by atoms with Crippen molar-refractivity contribution in [3.63, 3.8) is 0 Å². The van der Waals surface area contributed by atoms with E-state index in [1.54, 1.807) is 6.20 Å². The Kier molecular flexibility index (Phi) is 4.67. The van der Waals surface area contributed by atoms with Gasteiger partial charge in [-0.15, -0.1) is 11.3 Å². The second-order valence-electron chi connectivity index (χ2n) is 6.37. The highest BCUT2D eigenvalue weighted by Crippen LogP contribution is 2.33. The lowest BCUT2D eigenvalue weighted by Gasteiger charge is -2.27. The zero-order valence-electron chi connectivity index (χ0n) is 14.6. The van der Waals surface area contributed by atoms with E-state index in [0.717, 1.165) is 43.1 Å². The number of nitrogens with one attached hydrogen (secondary N) is 1. The first-order valence-electron chi connectivity index (χ1n) is 8.72. The third-order valence-electron chi connectivity index (χ3n) is 4.47. The van der Waals surface area contributed by atoms with Crippen molar-refractivity contribution in [3.8, 4) is 0 Å². The van der Waals surface area contributed by atoms with Gasteiger partial charge in [-0.25, -0.2) is 4.98 Å². The molecule has 6 heteroatoms. The number of benzene rings is 1. The summed E-state index contributed by atoms with van der Waals surface area (Å²) in [6.07, 6.45) is 3.79. The zero-order chi connectivity index (χ0) is 17.9. The van der Waals surface area contributed by atoms with Gasteiger partial charge in [0.25, 0.3) is 5.91 Å². The lowest BCUT2D eigenvalue weighted by molar-refractivity contribution is 0.102. The molecule has 0 atom stereocenters. The van der Waals surface area contributed by atoms with Gasteiger partial charge in [0.2, 0.25) is 0 Å². The first-order valence-corrected chi connectivity index (χ1v) is 9.54. The van der Waals surface area contributed by atoms with Crippen LogP contribution in [0.4, 0.5) is 11.5 Å². The van der Waals surface area contributed by atoms with E-state index in [1.165, 1.54) is 21.8 Å². The van der Waals surface area contributed by atoms with Gasteiger partial charge in [-0.3, -0.25) is 9.78 Å². The molecule has 0 saturated carbocycles. The molecular weight excluding hydrogens is 344 g/mol. The molecule has 26 heavy (non-hydrogen) atoms. The van der Waals surface area contributed by atoms with E-state index in [1.807, 2.05) is 25.1 Å². The van der Waals surface area contributed by atoms with Crippen LogP contribution in [0.25, 0.3) is 0 Å². The number of nitrogens with zero attached hydrogens (tertiary/aromatic N) is 3. The van der Waals surface area contributed by atoms with Crippen LogP contribution in [0.1, 0.15) is 32.4 Å². The molecule has 0 fully saturated rings. The number of amides is 1. The fraction of sp³-hybridized carbons (Fsp3) is 0.250. The number of fused-ring (bicyclic) bond motifs is 1. The fourth-order valence-electron chi connectivity index (χ4n) is 3.14. The summed E-state index contributed by atoms with van der Waals surface area (Å²) in [5, 5.41) is 3.44. The molecule has 0 radical (unpaired) electrons. The third kappa shape index (κ3) is 3.46. The molecule has 1 amide bonds. The molecule has 132 valence electrons. The summed E-state index contributed by atoms with van der Waals surface area (Å²) < 4.78 is 0. The summed E-state index contributed by atoms with van der Waals surface area (Å²) in [7, 11) is 0. The minimum absolute atomic E-state index is 0.167. The Morgan fingerprint density at radius 1 is 1.23 bits per heavy atom. The number of hydrogen-bond acceptors (Lipinski definition) is 5. The summed E-state index contributed by atoms with van der Waals surface area (Å²) >= 11 is 1.50. The molecule has 1 aliphatic rings. The lowest BCUT2D eigenvalue weighted by Crippen LogP contribution is -2.28. The highest BCUT2D eigenvalue weighted by molar-refractivity contribution is 7.14. The number of aryl methyl sites for hydroxylation is 2. The molecule has 0 unspecified atom stereocenters. The number of anilines is 2. The van der Waals surface area contributed by atoms with Crippen molar-refractivity contribution in [2.24, 2.45) is 0 Å². The monoisotopic (exact) mass is 364 g/mol. The van der Waals surface area contributed by atoms with E-state index in [4.69, 9.17) is 0 Å². The van der Waals surface area contributed by atoms with Crippen molar-refractivity contribution in [1.82, 2.24) is 9.97 Å². The molecule has 0 spiro atoms. The summed E-state index contributed by atoms with van der Waals surface area (Å²) in [6.45, 7) is 3.67. The summed E-state index contributed by atoms with van der Waals surface area (Å²) in [5.74, 6) is 0.790. The van der Waals surface area contributed by atoms with E-state index in [0.29, 0.717) is 5.01 Å². The maximum Gasteiger partial charge on any atom is 0.284 e. The molecule has 3 heterocycles. The van der Waals surface area contributed by atoms with Crippen LogP contribution in [0.2, 0.25) is 0 Å². The van der Waals surface area contributed by atoms with Crippen molar-refractivity contribution >= 4 is 28.7 Å². The zero-order valence-corrected chi connectivity index (χ0v) is 15.4. The van der Waals surface area contributed by atoms with Gasteiger partial charge < -0.3 is 10.2 Å². The summed E-state index contributed by atoms with van der Waals surface area (Å²) in [6, 6.07) is 14.1. The number of hydrogen-bond donors (Lipinski definition) is 1. The molecule has 4 rings (SSSR count). The van der Waals surface area contributed by atoms with Crippen LogP contribution >= 0.6 is 11.3 Å². The Labute approximate surface area is 156 Å². The molecule has 0 aliphatic carbocycles. The number of aromatic nitrogens is 2. The molecule has 5 nitrogen and oxygen atoms in total. The van der Waals surface area contributed by atoms with E-state index < -0.39 is 0 Å². The predicted octanol–water partition coefficient (Wildman–Crippen LogP) is 4.05. The number of thiazole rings is 1. The Morgan fingerprint density at radius 3 is 2.88 bits per heavy atom. The summed E-state index contributed by atoms with van der Waals surface area (Å²) in [5.41, 5.74) is 2.78. The van der Waals surface area contributed by atoms with Crippen LogP contribution in [0, 0.1) is 6.92 Å². The van der Waals surface area contributed by atoms with E-state index in [2.05, 4.69) is 44.5 Å². The Hall–Kier alpha value is -2.73. The number of rotatable bonds is 4. The standard InChI is InChI=1S/C20H20N4OS/c1-14-16(9-5-11-21-14)22-19(25)20-23-18-17(26-20)10-6-12-24(18)13-15-7-3-2-4-8-15/h2-5,7-9,11H,6,10,12-13H2,1H3,(H,22,25). The highest BCUT2D eigenvalue weighted by atomic mass is 32.1. The van der Waals surface area contributed by atoms with Crippen LogP contribution in [-0.4, -0.2) is 22.4 Å². The van der Waals surface area contributed by atoms with Gasteiger partial charge in [0.15, 0.2) is 5.01 Å². The largest absolute Gasteiger partial charge is 0.351 e. The fourth-order valence-corrected chi connectivity index (χ4v) is 4.16. The van der Waals surface area contributed by atoms with E-state index >= 15 is 0 Å². The van der Waals surface area contributed by atoms with E-state index in [9.17, 15) is 4.79 Å². The Morgan fingerprint density at radius 2 is 2.08 bits per heavy atom. The predicted molar refractivity (Wildman–Crippen MR) is 105 cm³/mol. The van der Waals surface area contributed by atoms with Gasteiger partial charge in [0.1, 0.15) is 5.82 Å². The topological polar surface area (TPSA) is 58.1 Å². The van der Waals surface area contributed by atoms with Gasteiger partial charge in [-0.2, -0.15) is 0 Å². The van der Waals surface area contributed by atoms with Crippen molar-refractivity contribution in [2.45, 2.75) is 26.3 Å². The van der Waals surface area contributed by atoms with Gasteiger partial charge in [0.05, 0.1) is 11.4 Å². The van der Waals surface area contributed by atoms with Crippen LogP contribution in [0.15, 0.2) is 48.7 Å². The van der Waals surface area contributed by atoms with Crippen molar-refractivity contribution in [1.29, 1.82) is 0 Å². The average Bonchev–Trinajstić information content (AvgIpc) is 3.10. The second-order valence-corrected chi connectivity index (χ2v) is 7.45. The van der Waals surface area contributed by atoms with Crippen molar-refractivity contribution in [3.05, 3.63) is 69.8 Å². The SMILES string of the molecule is Cc1ncccc1NC(=O)c1nc2c(s1)CCCN2Cc1ccccc1. The molecular formula is C20H20N4OS. The molecule has 2 aromatic heterocycles. The third-order valence-corrected chi connectivity index (χ3v) is 5.58. The van der Waals surface area contributed by atoms with Crippen LogP contribution in [-0.2, 0) is 13.0 Å². The number of carbonyl (C=O) groups excluding carboxylic acids is 1. The molecule has 1 N–H and O–H groups in total. The molecule has 3 aromatic rings. The van der Waals surface area contributed by atoms with E-state index in [-0.39, 0.29) is 5.91 Å². The van der Waals surface area contributed by atoms with Gasteiger partial charge in [0, 0.05) is 24.2 Å². The first-order chi connectivity index (χ1) is 12.7. The molecule has 1 aliphatic heterocycles. The number of carbonyl (C=O) groups is 1. The molecule has 0 saturated heterocycles. The minimum Gasteiger partial charge on any atom is -0.351 e. The maximum absolute atomic E-state index is 12.6. The quantitative estimate of drug-likeness (QED) is 0.759. The van der Waals surface area contributed by atoms with Gasteiger partial charge in [-0.05, 0) is 37.5 Å². The normalized spacial score (nSPS) is 13.3. The summed E-state index contributed by atoms with van der Waals surface area (Å²) in [4.78, 5) is 25.0. The highest BCUT2D eigenvalue weighted by Gasteiger charge is 2.24. The van der Waals surface area contributed by atoms with Crippen LogP contribution in [0.3, 0.4) is 0 Å². The van der Waals surface area contributed by atoms with Crippen LogP contribution < -0.4 is 10.2 Å². The van der Waals surface area contributed by atoms with Crippen molar-refractivity contribution in [2.75, 3.05) is 16.8 Å². The average molecular weight is 364 g/mol. The molecule has 1 aromatic carbocycles. The first kappa shape index (κ1) is 16.7. The molecule has 0 bridgehead atoms. The lowest BCUT2D eigenvalue weighted by atomic mass is 10.1. The Bertz CT molecular complexity index is 923. The second kappa shape index (κ2) is 7.25. The Balaban J connectivity index is 1.55. The van der Waals surface area contributed by atoms with Gasteiger partial charge >= 0.3 is 0 Å². The van der Waals surface area contributed by atoms with Crippen LogP contribution in [0.5, 0.6) is 0 Å². The minimum atomic E-state index is -0.167. The number of pyridine rings is 1. The van der Waals surface area contributed by atoms with Crippen molar-refractivity contribution < 1.29 is 4.79 Å².